The van der Waals surface area contributed by atoms with Crippen LogP contribution in [0.3, 0.4) is 0 Å². The molecule has 1 atom stereocenters. The molecule has 6 nitrogen and oxygen atoms in total. The highest BCUT2D eigenvalue weighted by molar-refractivity contribution is 7.54. The van der Waals surface area contributed by atoms with Crippen LogP contribution >= 0.6 is 7.60 Å². The Morgan fingerprint density at radius 3 is 2.06 bits per heavy atom. The van der Waals surface area contributed by atoms with Gasteiger partial charge in [-0.2, -0.15) is 4.89 Å². The van der Waals surface area contributed by atoms with Gasteiger partial charge in [-0.15, -0.1) is 0 Å². The van der Waals surface area contributed by atoms with E-state index in [9.17, 15) is 9.36 Å². The smallest absolute Gasteiger partial charge is 0.309 e. The normalized spacial score (nSPS) is 13.4. The predicted molar refractivity (Wildman–Crippen MR) is 62.7 cm³/mol. The fourth-order valence-corrected chi connectivity index (χ4v) is 3.14. The molecule has 0 aliphatic rings. The van der Waals surface area contributed by atoms with E-state index in [1.54, 1.807) is 13.8 Å². The maximum Gasteiger partial charge on any atom is 0.339 e. The van der Waals surface area contributed by atoms with Crippen LogP contribution < -0.4 is 0 Å². The van der Waals surface area contributed by atoms with Crippen molar-refractivity contribution in [3.8, 4) is 0 Å². The van der Waals surface area contributed by atoms with Gasteiger partial charge in [0.25, 0.3) is 0 Å². The minimum atomic E-state index is -3.21. The molecule has 0 aromatic heterocycles. The summed E-state index contributed by atoms with van der Waals surface area (Å²) in [4.78, 5) is 19.6. The lowest BCUT2D eigenvalue weighted by Crippen LogP contribution is -2.20. The predicted octanol–water partition coefficient (Wildman–Crippen LogP) is 2.53. The first kappa shape index (κ1) is 16.6. The van der Waals surface area contributed by atoms with Crippen LogP contribution in [0.1, 0.15) is 34.1 Å². The van der Waals surface area contributed by atoms with Crippen LogP contribution in [0.2, 0.25) is 0 Å². The third-order valence-electron chi connectivity index (χ3n) is 1.97. The van der Waals surface area contributed by atoms with Gasteiger partial charge in [-0.05, 0) is 20.3 Å². The van der Waals surface area contributed by atoms with Gasteiger partial charge >= 0.3 is 13.6 Å². The number of carbonyl (C=O) groups excluding carboxylic acids is 1. The zero-order valence-corrected chi connectivity index (χ0v) is 11.7. The van der Waals surface area contributed by atoms with Crippen molar-refractivity contribution < 1.29 is 28.2 Å². The van der Waals surface area contributed by atoms with Gasteiger partial charge in [-0.1, -0.05) is 6.92 Å². The van der Waals surface area contributed by atoms with Crippen LogP contribution in [0.15, 0.2) is 0 Å². The molecule has 0 aromatic carbocycles. The zero-order chi connectivity index (χ0) is 13.3. The maximum absolute atomic E-state index is 12.4. The van der Waals surface area contributed by atoms with Crippen molar-refractivity contribution in [1.82, 2.24) is 0 Å². The molecular formula is C10H21O6P. The molecule has 0 aromatic rings. The largest absolute Gasteiger partial charge is 0.339 e. The Morgan fingerprint density at radius 2 is 1.71 bits per heavy atom. The molecule has 0 saturated heterocycles. The molecule has 0 radical (unpaired) electrons. The number of hydrogen-bond acceptors (Lipinski definition) is 6. The molecule has 0 fully saturated rings. The van der Waals surface area contributed by atoms with Crippen LogP contribution in [0, 0.1) is 0 Å². The average molecular weight is 268 g/mol. The summed E-state index contributed by atoms with van der Waals surface area (Å²) in [5.41, 5.74) is -0.443. The summed E-state index contributed by atoms with van der Waals surface area (Å²) >= 11 is 0. The van der Waals surface area contributed by atoms with E-state index in [-0.39, 0.29) is 6.61 Å². The summed E-state index contributed by atoms with van der Waals surface area (Å²) in [5.74, 6) is -0.553. The minimum absolute atomic E-state index is 0.00659. The van der Waals surface area contributed by atoms with Gasteiger partial charge in [0.05, 0.1) is 18.9 Å². The van der Waals surface area contributed by atoms with E-state index in [4.69, 9.17) is 13.9 Å². The molecule has 7 heteroatoms. The van der Waals surface area contributed by atoms with Crippen molar-refractivity contribution in [2.75, 3.05) is 19.8 Å². The van der Waals surface area contributed by atoms with E-state index < -0.39 is 19.2 Å². The first-order valence-corrected chi connectivity index (χ1v) is 7.30. The molecule has 17 heavy (non-hydrogen) atoms. The summed E-state index contributed by atoms with van der Waals surface area (Å²) < 4.78 is 22.7. The molecule has 0 spiro atoms. The maximum atomic E-state index is 12.4. The van der Waals surface area contributed by atoms with Crippen LogP contribution in [0.5, 0.6) is 0 Å². The average Bonchev–Trinajstić information content (AvgIpc) is 2.24. The molecule has 102 valence electrons. The first-order chi connectivity index (χ1) is 8.00. The molecule has 0 heterocycles. The Labute approximate surface area is 102 Å². The minimum Gasteiger partial charge on any atom is -0.309 e. The van der Waals surface area contributed by atoms with Gasteiger partial charge in [-0.25, -0.2) is 4.79 Å². The molecule has 0 saturated carbocycles. The van der Waals surface area contributed by atoms with Crippen LogP contribution in [-0.4, -0.2) is 31.4 Å². The van der Waals surface area contributed by atoms with Gasteiger partial charge in [0, 0.05) is 6.92 Å². The lowest BCUT2D eigenvalue weighted by molar-refractivity contribution is -0.270. The molecule has 0 N–H and O–H groups in total. The van der Waals surface area contributed by atoms with E-state index >= 15 is 0 Å². The summed E-state index contributed by atoms with van der Waals surface area (Å²) in [5, 5.41) is 0. The van der Waals surface area contributed by atoms with Crippen LogP contribution in [0.25, 0.3) is 0 Å². The zero-order valence-electron chi connectivity index (χ0n) is 10.8. The SMILES string of the molecule is CCOP(=O)(OCC)C(CC)COOC(C)=O. The van der Waals surface area contributed by atoms with Gasteiger partial charge < -0.3 is 9.05 Å². The van der Waals surface area contributed by atoms with Crippen molar-refractivity contribution in [3.63, 3.8) is 0 Å². The fourth-order valence-electron chi connectivity index (χ4n) is 1.24. The van der Waals surface area contributed by atoms with Crippen molar-refractivity contribution in [3.05, 3.63) is 0 Å². The van der Waals surface area contributed by atoms with Gasteiger partial charge in [0.15, 0.2) is 0 Å². The number of rotatable bonds is 9. The van der Waals surface area contributed by atoms with E-state index in [0.29, 0.717) is 19.6 Å². The highest BCUT2D eigenvalue weighted by atomic mass is 31.2. The van der Waals surface area contributed by atoms with Crippen molar-refractivity contribution in [2.45, 2.75) is 39.8 Å². The Hall–Kier alpha value is -0.420. The Balaban J connectivity index is 4.45. The quantitative estimate of drug-likeness (QED) is 0.363. The van der Waals surface area contributed by atoms with Gasteiger partial charge in [-0.3, -0.25) is 9.45 Å². The second-order valence-electron chi connectivity index (χ2n) is 3.30. The highest BCUT2D eigenvalue weighted by Gasteiger charge is 2.34. The number of hydrogen-bond donors (Lipinski definition) is 0. The molecular weight excluding hydrogens is 247 g/mol. The molecule has 0 aliphatic heterocycles. The van der Waals surface area contributed by atoms with Crippen LogP contribution in [0.4, 0.5) is 0 Å². The summed E-state index contributed by atoms with van der Waals surface area (Å²) in [7, 11) is -3.21. The molecule has 0 amide bonds. The van der Waals surface area contributed by atoms with Crippen molar-refractivity contribution >= 4 is 13.6 Å². The highest BCUT2D eigenvalue weighted by Crippen LogP contribution is 2.54. The fraction of sp³-hybridized carbons (Fsp3) is 0.900. The third-order valence-corrected chi connectivity index (χ3v) is 4.62. The second kappa shape index (κ2) is 8.64. The van der Waals surface area contributed by atoms with Gasteiger partial charge in [0.1, 0.15) is 6.61 Å². The monoisotopic (exact) mass is 268 g/mol. The Morgan fingerprint density at radius 1 is 1.18 bits per heavy atom. The summed E-state index contributed by atoms with van der Waals surface area (Å²) in [6.07, 6.45) is 0.540. The lowest BCUT2D eigenvalue weighted by Gasteiger charge is -2.24. The molecule has 1 unspecified atom stereocenters. The van der Waals surface area contributed by atoms with E-state index in [1.165, 1.54) is 6.92 Å². The topological polar surface area (TPSA) is 71.1 Å². The van der Waals surface area contributed by atoms with Gasteiger partial charge in [0.2, 0.25) is 0 Å². The van der Waals surface area contributed by atoms with Crippen LogP contribution in [-0.2, 0) is 28.2 Å². The Bertz CT molecular complexity index is 258. The van der Waals surface area contributed by atoms with E-state index in [0.717, 1.165) is 0 Å². The second-order valence-corrected chi connectivity index (χ2v) is 5.62. The lowest BCUT2D eigenvalue weighted by atomic mass is 10.3. The molecule has 0 aliphatic carbocycles. The summed E-state index contributed by atoms with van der Waals surface area (Å²) in [6, 6.07) is 0. The summed E-state index contributed by atoms with van der Waals surface area (Å²) in [6.45, 7) is 7.13. The van der Waals surface area contributed by atoms with E-state index in [1.807, 2.05) is 6.92 Å². The molecule has 0 rings (SSSR count). The first-order valence-electron chi connectivity index (χ1n) is 5.68. The van der Waals surface area contributed by atoms with Crippen molar-refractivity contribution in [2.24, 2.45) is 0 Å². The standard InChI is InChI=1S/C10H21O6P/c1-5-10(8-13-16-9(4)11)17(12,14-6-2)15-7-3/h10H,5-8H2,1-4H3. The molecule has 0 bridgehead atoms. The Kier molecular flexibility index (Phi) is 8.43. The third kappa shape index (κ3) is 6.17. The van der Waals surface area contributed by atoms with Crippen molar-refractivity contribution in [1.29, 1.82) is 0 Å². The van der Waals surface area contributed by atoms with E-state index in [2.05, 4.69) is 4.89 Å². The number of carbonyl (C=O) groups is 1.